The van der Waals surface area contributed by atoms with E-state index in [4.69, 9.17) is 14.5 Å². The molecule has 0 aliphatic heterocycles. The summed E-state index contributed by atoms with van der Waals surface area (Å²) < 4.78 is 11.4. The summed E-state index contributed by atoms with van der Waals surface area (Å²) in [7, 11) is 0. The molecule has 0 aliphatic rings. The van der Waals surface area contributed by atoms with Gasteiger partial charge < -0.3 is 9.47 Å². The zero-order valence-electron chi connectivity index (χ0n) is 19.8. The number of rotatable bonds is 8. The Morgan fingerprint density at radius 3 is 2.11 bits per heavy atom. The van der Waals surface area contributed by atoms with Crippen LogP contribution in [0.15, 0.2) is 73.1 Å². The molecule has 0 saturated carbocycles. The highest BCUT2D eigenvalue weighted by Crippen LogP contribution is 2.42. The van der Waals surface area contributed by atoms with Crippen molar-refractivity contribution in [1.82, 2.24) is 15.0 Å². The minimum atomic E-state index is 0.294. The molecule has 0 atom stereocenters. The normalized spacial score (nSPS) is 11.0. The van der Waals surface area contributed by atoms with Crippen LogP contribution in [0, 0.1) is 6.92 Å². The Labute approximate surface area is 229 Å². The molecule has 6 rings (SSSR count). The van der Waals surface area contributed by atoms with E-state index in [9.17, 15) is 9.59 Å². The molecule has 0 N–H and O–H groups in total. The van der Waals surface area contributed by atoms with Crippen LogP contribution in [0.3, 0.4) is 0 Å². The third kappa shape index (κ3) is 4.84. The Morgan fingerprint density at radius 1 is 0.658 bits per heavy atom. The molecule has 186 valence electrons. The molecular formula is C28H17N3O4S3. The molecule has 0 amide bonds. The number of pyridine rings is 3. The van der Waals surface area contributed by atoms with Gasteiger partial charge in [-0.2, -0.15) is 0 Å². The van der Waals surface area contributed by atoms with E-state index in [1.54, 1.807) is 41.8 Å². The Kier molecular flexibility index (Phi) is 6.50. The maximum Gasteiger partial charge on any atom is 0.298 e. The van der Waals surface area contributed by atoms with Crippen molar-refractivity contribution >= 4 is 56.4 Å². The second kappa shape index (κ2) is 10.3. The number of hydrogen-bond acceptors (Lipinski definition) is 10. The summed E-state index contributed by atoms with van der Waals surface area (Å²) in [6, 6.07) is 19.1. The smallest absolute Gasteiger partial charge is 0.298 e. The number of fused-ring (bicyclic) bond motifs is 1. The van der Waals surface area contributed by atoms with E-state index in [1.165, 1.54) is 30.2 Å². The molecule has 6 heterocycles. The largest absolute Gasteiger partial charge is 0.429 e. The van der Waals surface area contributed by atoms with Crippen LogP contribution in [-0.4, -0.2) is 27.9 Å². The molecule has 6 aromatic heterocycles. The standard InChI is InChI=1S/C28H17N3O4S3/c1-16-8-18-10-27(38-28(18)36-16)26-3-2-25(37-26)17-4-6-29-21(9-17)23-12-20(35-15-33)13-24(31-23)22-11-19(34-14-32)5-7-30-22/h2-15H,1H3. The lowest BCUT2D eigenvalue weighted by molar-refractivity contribution is -0.121. The van der Waals surface area contributed by atoms with Crippen molar-refractivity contribution in [3.05, 3.63) is 77.9 Å². The maximum atomic E-state index is 11.1. The molecule has 0 aliphatic carbocycles. The minimum absolute atomic E-state index is 0.294. The average molecular weight is 556 g/mol. The molecule has 7 nitrogen and oxygen atoms in total. The predicted octanol–water partition coefficient (Wildman–Crippen LogP) is 7.26. The first kappa shape index (κ1) is 24.1. The molecule has 10 heteroatoms. The van der Waals surface area contributed by atoms with Gasteiger partial charge >= 0.3 is 0 Å². The quantitative estimate of drug-likeness (QED) is 0.183. The van der Waals surface area contributed by atoms with E-state index in [-0.39, 0.29) is 0 Å². The van der Waals surface area contributed by atoms with Gasteiger partial charge in [0, 0.05) is 55.5 Å². The molecule has 0 spiro atoms. The number of ether oxygens (including phenoxy) is 2. The van der Waals surface area contributed by atoms with Crippen molar-refractivity contribution < 1.29 is 19.1 Å². The SMILES string of the molecule is Cc1cc2cc(-c3ccc(-c4ccnc(-c5cc(OC=O)cc(-c6cc(OC=O)ccn6)n5)c4)s3)sc2s1. The average Bonchev–Trinajstić information content (AvgIpc) is 3.64. The van der Waals surface area contributed by atoms with Gasteiger partial charge in [-0.1, -0.05) is 0 Å². The molecule has 0 unspecified atom stereocenters. The van der Waals surface area contributed by atoms with E-state index >= 15 is 0 Å². The number of carbonyl (C=O) groups is 2. The number of aromatic nitrogens is 3. The molecule has 0 fully saturated rings. The third-order valence-electron chi connectivity index (χ3n) is 5.65. The number of hydrogen-bond donors (Lipinski definition) is 0. The van der Waals surface area contributed by atoms with Gasteiger partial charge in [0.1, 0.15) is 11.5 Å². The lowest BCUT2D eigenvalue weighted by atomic mass is 10.1. The second-order valence-corrected chi connectivity index (χ2v) is 11.8. The third-order valence-corrected chi connectivity index (χ3v) is 9.29. The molecule has 0 bridgehead atoms. The minimum Gasteiger partial charge on any atom is -0.429 e. The van der Waals surface area contributed by atoms with E-state index in [0.29, 0.717) is 47.2 Å². The topological polar surface area (TPSA) is 91.3 Å². The monoisotopic (exact) mass is 555 g/mol. The van der Waals surface area contributed by atoms with E-state index < -0.39 is 0 Å². The van der Waals surface area contributed by atoms with Crippen LogP contribution in [0.25, 0.3) is 52.4 Å². The summed E-state index contributed by atoms with van der Waals surface area (Å²) in [6.45, 7) is 2.84. The van der Waals surface area contributed by atoms with Crippen molar-refractivity contribution in [3.8, 4) is 54.5 Å². The van der Waals surface area contributed by atoms with Gasteiger partial charge in [0.05, 0.1) is 26.8 Å². The lowest BCUT2D eigenvalue weighted by Crippen LogP contribution is -1.97. The van der Waals surface area contributed by atoms with Gasteiger partial charge in [0.25, 0.3) is 12.9 Å². The van der Waals surface area contributed by atoms with Crippen LogP contribution in [0.5, 0.6) is 11.5 Å². The summed E-state index contributed by atoms with van der Waals surface area (Å²) >= 11 is 5.37. The fraction of sp³-hybridized carbons (Fsp3) is 0.0357. The van der Waals surface area contributed by atoms with Gasteiger partial charge in [-0.25, -0.2) is 4.98 Å². The highest BCUT2D eigenvalue weighted by Gasteiger charge is 2.14. The van der Waals surface area contributed by atoms with Crippen LogP contribution in [0.1, 0.15) is 4.88 Å². The number of nitrogens with zero attached hydrogens (tertiary/aromatic N) is 3. The highest BCUT2D eigenvalue weighted by atomic mass is 32.2. The summed E-state index contributed by atoms with van der Waals surface area (Å²) in [6.07, 6.45) is 3.24. The van der Waals surface area contributed by atoms with Gasteiger partial charge in [-0.3, -0.25) is 19.6 Å². The van der Waals surface area contributed by atoms with Gasteiger partial charge in [0.2, 0.25) is 0 Å². The molecule has 0 saturated heterocycles. The fourth-order valence-corrected chi connectivity index (χ4v) is 7.50. The van der Waals surface area contributed by atoms with Crippen molar-refractivity contribution in [3.63, 3.8) is 0 Å². The van der Waals surface area contributed by atoms with E-state index in [2.05, 4.69) is 41.2 Å². The summed E-state index contributed by atoms with van der Waals surface area (Å²) in [5.41, 5.74) is 3.02. The maximum absolute atomic E-state index is 11.1. The Hall–Kier alpha value is -4.25. The van der Waals surface area contributed by atoms with Gasteiger partial charge in [-0.15, -0.1) is 34.0 Å². The van der Waals surface area contributed by atoms with Crippen LogP contribution in [0.4, 0.5) is 0 Å². The van der Waals surface area contributed by atoms with Crippen molar-refractivity contribution in [2.24, 2.45) is 0 Å². The summed E-state index contributed by atoms with van der Waals surface area (Å²) in [4.78, 5) is 40.3. The first-order valence-electron chi connectivity index (χ1n) is 11.4. The number of thiophene rings is 3. The molecule has 6 aromatic rings. The van der Waals surface area contributed by atoms with Crippen LogP contribution >= 0.6 is 34.0 Å². The second-order valence-electron chi connectivity index (χ2n) is 8.18. The van der Waals surface area contributed by atoms with Gasteiger partial charge in [0.15, 0.2) is 0 Å². The summed E-state index contributed by atoms with van der Waals surface area (Å²) in [5.74, 6) is 0.617. The Morgan fingerprint density at radius 2 is 1.34 bits per heavy atom. The van der Waals surface area contributed by atoms with E-state index in [0.717, 1.165) is 10.4 Å². The first-order valence-corrected chi connectivity index (χ1v) is 13.8. The predicted molar refractivity (Wildman–Crippen MR) is 151 cm³/mol. The lowest BCUT2D eigenvalue weighted by Gasteiger charge is -2.09. The molecule has 0 aromatic carbocycles. The molecular weight excluding hydrogens is 539 g/mol. The van der Waals surface area contributed by atoms with E-state index in [1.807, 2.05) is 34.8 Å². The number of carbonyl (C=O) groups excluding carboxylic acids is 2. The first-order chi connectivity index (χ1) is 18.6. The zero-order valence-corrected chi connectivity index (χ0v) is 22.2. The zero-order chi connectivity index (χ0) is 26.1. The van der Waals surface area contributed by atoms with Crippen LogP contribution in [0.2, 0.25) is 0 Å². The van der Waals surface area contributed by atoms with Gasteiger partial charge in [-0.05, 0) is 55.0 Å². The molecule has 38 heavy (non-hydrogen) atoms. The Balaban J connectivity index is 1.36. The highest BCUT2D eigenvalue weighted by molar-refractivity contribution is 7.40. The fourth-order valence-electron chi connectivity index (χ4n) is 4.01. The van der Waals surface area contributed by atoms with Crippen LogP contribution < -0.4 is 9.47 Å². The van der Waals surface area contributed by atoms with Crippen molar-refractivity contribution in [2.75, 3.05) is 0 Å². The Bertz CT molecular complexity index is 1770. The number of aryl methyl sites for hydroxylation is 1. The van der Waals surface area contributed by atoms with Crippen molar-refractivity contribution in [2.45, 2.75) is 6.92 Å². The summed E-state index contributed by atoms with van der Waals surface area (Å²) in [5, 5.41) is 1.30. The molecule has 0 radical (unpaired) electrons. The van der Waals surface area contributed by atoms with Crippen LogP contribution in [-0.2, 0) is 9.59 Å². The van der Waals surface area contributed by atoms with Crippen molar-refractivity contribution in [1.29, 1.82) is 0 Å².